The first-order valence-corrected chi connectivity index (χ1v) is 7.03. The number of carbonyl (C=O) groups is 1. The summed E-state index contributed by atoms with van der Waals surface area (Å²) in [5, 5.41) is 3.10. The summed E-state index contributed by atoms with van der Waals surface area (Å²) in [5.41, 5.74) is 0. The number of amides is 1. The van der Waals surface area contributed by atoms with Gasteiger partial charge in [0, 0.05) is 19.1 Å². The van der Waals surface area contributed by atoms with Crippen molar-refractivity contribution in [1.29, 1.82) is 0 Å². The number of hydrogen-bond acceptors (Lipinski definition) is 5. The van der Waals surface area contributed by atoms with Crippen LogP contribution in [0.4, 0.5) is 4.79 Å². The number of rotatable bonds is 5. The molecule has 0 aromatic rings. The van der Waals surface area contributed by atoms with Crippen molar-refractivity contribution in [2.45, 2.75) is 25.8 Å². The van der Waals surface area contributed by atoms with Gasteiger partial charge >= 0.3 is 16.3 Å². The number of ether oxygens (including phenoxy) is 1. The molecule has 1 saturated heterocycles. The van der Waals surface area contributed by atoms with Crippen molar-refractivity contribution >= 4 is 16.3 Å². The molecular weight excluding hydrogens is 246 g/mol. The molecule has 0 aromatic heterocycles. The highest BCUT2D eigenvalue weighted by molar-refractivity contribution is 7.87. The zero-order valence-corrected chi connectivity index (χ0v) is 10.9. The normalized spacial score (nSPS) is 20.5. The van der Waals surface area contributed by atoms with Gasteiger partial charge in [-0.25, -0.2) is 9.52 Å². The lowest BCUT2D eigenvalue weighted by Gasteiger charge is -2.26. The smallest absolute Gasteiger partial charge is 0.421 e. The number of methoxy groups -OCH3 is 1. The van der Waals surface area contributed by atoms with Crippen LogP contribution in [0.3, 0.4) is 0 Å². The Hall–Kier alpha value is -0.860. The third-order valence-corrected chi connectivity index (χ3v) is 4.11. The maximum Gasteiger partial charge on any atom is 0.421 e. The first-order valence-electron chi connectivity index (χ1n) is 5.59. The fourth-order valence-corrected chi connectivity index (χ4v) is 3.22. The minimum Gasteiger partial charge on any atom is -0.452 e. The van der Waals surface area contributed by atoms with Crippen molar-refractivity contribution < 1.29 is 17.9 Å². The Bertz CT molecular complexity index is 351. The van der Waals surface area contributed by atoms with Crippen LogP contribution in [0.25, 0.3) is 0 Å². The van der Waals surface area contributed by atoms with E-state index in [1.165, 1.54) is 4.31 Å². The van der Waals surface area contributed by atoms with E-state index in [0.717, 1.165) is 20.1 Å². The molecule has 1 aliphatic heterocycles. The Morgan fingerprint density at radius 2 is 2.29 bits per heavy atom. The van der Waals surface area contributed by atoms with Gasteiger partial charge in [0.2, 0.25) is 0 Å². The Morgan fingerprint density at radius 3 is 2.76 bits per heavy atom. The lowest BCUT2D eigenvalue weighted by molar-refractivity contribution is 0.176. The molecule has 1 rings (SSSR count). The number of nitrogens with one attached hydrogen (secondary N) is 2. The van der Waals surface area contributed by atoms with Crippen LogP contribution in [0.1, 0.15) is 19.8 Å². The van der Waals surface area contributed by atoms with Crippen molar-refractivity contribution in [3.8, 4) is 0 Å². The molecule has 1 amide bonds. The summed E-state index contributed by atoms with van der Waals surface area (Å²) in [4.78, 5) is 11.0. The van der Waals surface area contributed by atoms with Crippen LogP contribution < -0.4 is 10.0 Å². The molecule has 8 heteroatoms. The van der Waals surface area contributed by atoms with E-state index in [1.807, 2.05) is 11.6 Å². The molecular formula is C9H19N3O4S. The minimum absolute atomic E-state index is 0.0999. The van der Waals surface area contributed by atoms with E-state index in [2.05, 4.69) is 10.1 Å². The Balaban J connectivity index is 2.77. The molecule has 7 nitrogen and oxygen atoms in total. The number of hydrogen-bond donors (Lipinski definition) is 2. The molecule has 1 unspecified atom stereocenters. The minimum atomic E-state index is -3.81. The number of nitrogens with zero attached hydrogens (tertiary/aromatic N) is 1. The highest BCUT2D eigenvalue weighted by Crippen LogP contribution is 2.13. The fourth-order valence-electron chi connectivity index (χ4n) is 1.81. The molecule has 2 N–H and O–H groups in total. The molecule has 0 bridgehead atoms. The maximum atomic E-state index is 12.0. The van der Waals surface area contributed by atoms with E-state index in [9.17, 15) is 13.2 Å². The van der Waals surface area contributed by atoms with Gasteiger partial charge in [0.1, 0.15) is 0 Å². The topological polar surface area (TPSA) is 87.7 Å². The van der Waals surface area contributed by atoms with Gasteiger partial charge in [-0.1, -0.05) is 6.92 Å². The van der Waals surface area contributed by atoms with Gasteiger partial charge in [0.15, 0.2) is 0 Å². The van der Waals surface area contributed by atoms with Gasteiger partial charge in [0.25, 0.3) is 0 Å². The molecule has 1 atom stereocenters. The van der Waals surface area contributed by atoms with E-state index >= 15 is 0 Å². The van der Waals surface area contributed by atoms with Crippen molar-refractivity contribution in [2.24, 2.45) is 0 Å². The monoisotopic (exact) mass is 265 g/mol. The highest BCUT2D eigenvalue weighted by Gasteiger charge is 2.32. The largest absolute Gasteiger partial charge is 0.452 e. The second kappa shape index (κ2) is 6.18. The summed E-state index contributed by atoms with van der Waals surface area (Å²) >= 11 is 0. The summed E-state index contributed by atoms with van der Waals surface area (Å²) in [5.74, 6) is 0. The predicted molar refractivity (Wildman–Crippen MR) is 62.7 cm³/mol. The van der Waals surface area contributed by atoms with Gasteiger partial charge in [-0.05, 0) is 19.4 Å². The van der Waals surface area contributed by atoms with Crippen molar-refractivity contribution in [1.82, 2.24) is 14.3 Å². The molecule has 0 saturated carbocycles. The summed E-state index contributed by atoms with van der Waals surface area (Å²) in [6.07, 6.45) is 0.484. The van der Waals surface area contributed by atoms with E-state index in [1.54, 1.807) is 0 Å². The lowest BCUT2D eigenvalue weighted by Crippen LogP contribution is -2.49. The van der Waals surface area contributed by atoms with Gasteiger partial charge in [-0.15, -0.1) is 0 Å². The SMILES string of the molecule is CCCN(C1CCNC1)S(=O)(=O)NC(=O)OC. The molecule has 17 heavy (non-hydrogen) atoms. The molecule has 0 aliphatic carbocycles. The van der Waals surface area contributed by atoms with E-state index in [-0.39, 0.29) is 6.04 Å². The molecule has 0 spiro atoms. The Kier molecular flexibility index (Phi) is 5.16. The van der Waals surface area contributed by atoms with Crippen LogP contribution in [-0.4, -0.2) is 51.6 Å². The Morgan fingerprint density at radius 1 is 1.59 bits per heavy atom. The molecule has 1 fully saturated rings. The summed E-state index contributed by atoms with van der Waals surface area (Å²) < 4.78 is 31.4. The van der Waals surface area contributed by atoms with Crippen LogP contribution in [0.5, 0.6) is 0 Å². The predicted octanol–water partition coefficient (Wildman–Crippen LogP) is -0.339. The summed E-state index contributed by atoms with van der Waals surface area (Å²) in [6, 6.07) is -0.0999. The zero-order valence-electron chi connectivity index (χ0n) is 10.1. The van der Waals surface area contributed by atoms with Gasteiger partial charge in [-0.3, -0.25) is 0 Å². The lowest BCUT2D eigenvalue weighted by atomic mass is 10.2. The standard InChI is InChI=1S/C9H19N3O4S/c1-3-6-12(8-4-5-10-7-8)17(14,15)11-9(13)16-2/h8,10H,3-7H2,1-2H3,(H,11,13). The second-order valence-electron chi connectivity index (χ2n) is 3.86. The van der Waals surface area contributed by atoms with Crippen LogP contribution >= 0.6 is 0 Å². The summed E-state index contributed by atoms with van der Waals surface area (Å²) in [7, 11) is -2.68. The summed E-state index contributed by atoms with van der Waals surface area (Å²) in [6.45, 7) is 3.68. The average molecular weight is 265 g/mol. The Labute approximate surface area is 102 Å². The highest BCUT2D eigenvalue weighted by atomic mass is 32.2. The molecule has 100 valence electrons. The van der Waals surface area contributed by atoms with Gasteiger partial charge in [-0.2, -0.15) is 12.7 Å². The van der Waals surface area contributed by atoms with Crippen LogP contribution in [-0.2, 0) is 14.9 Å². The second-order valence-corrected chi connectivity index (χ2v) is 5.48. The van der Waals surface area contributed by atoms with E-state index < -0.39 is 16.3 Å². The third-order valence-electron chi connectivity index (χ3n) is 2.59. The van der Waals surface area contributed by atoms with Crippen molar-refractivity contribution in [3.63, 3.8) is 0 Å². The number of carbonyl (C=O) groups excluding carboxylic acids is 1. The fraction of sp³-hybridized carbons (Fsp3) is 0.889. The molecule has 0 radical (unpaired) electrons. The average Bonchev–Trinajstić information content (AvgIpc) is 2.77. The zero-order chi connectivity index (χ0) is 12.9. The molecule has 1 heterocycles. The van der Waals surface area contributed by atoms with E-state index in [0.29, 0.717) is 19.5 Å². The quantitative estimate of drug-likeness (QED) is 0.710. The molecule has 1 aliphatic rings. The van der Waals surface area contributed by atoms with Crippen molar-refractivity contribution in [2.75, 3.05) is 26.7 Å². The van der Waals surface area contributed by atoms with Crippen LogP contribution in [0, 0.1) is 0 Å². The molecule has 0 aromatic carbocycles. The van der Waals surface area contributed by atoms with Crippen molar-refractivity contribution in [3.05, 3.63) is 0 Å². The first kappa shape index (κ1) is 14.2. The van der Waals surface area contributed by atoms with Crippen LogP contribution in [0.15, 0.2) is 0 Å². The van der Waals surface area contributed by atoms with Gasteiger partial charge in [0.05, 0.1) is 7.11 Å². The third kappa shape index (κ3) is 3.83. The van der Waals surface area contributed by atoms with Gasteiger partial charge < -0.3 is 10.1 Å². The first-order chi connectivity index (χ1) is 8.01. The maximum absolute atomic E-state index is 12.0. The van der Waals surface area contributed by atoms with E-state index in [4.69, 9.17) is 0 Å². The van der Waals surface area contributed by atoms with Crippen LogP contribution in [0.2, 0.25) is 0 Å².